The summed E-state index contributed by atoms with van der Waals surface area (Å²) in [5, 5.41) is 0. The van der Waals surface area contributed by atoms with Gasteiger partial charge < -0.3 is 10.2 Å². The molecule has 1 aromatic rings. The average Bonchev–Trinajstić information content (AvgIpc) is 2.81. The van der Waals surface area contributed by atoms with Crippen molar-refractivity contribution in [3.8, 4) is 0 Å². The SMILES string of the molecule is NCc1cc(C2CCCC2)oc1C1CCC1. The lowest BCUT2D eigenvalue weighted by Gasteiger charge is -2.24. The van der Waals surface area contributed by atoms with Crippen molar-refractivity contribution in [2.24, 2.45) is 5.73 Å². The summed E-state index contributed by atoms with van der Waals surface area (Å²) in [6.07, 6.45) is 9.29. The van der Waals surface area contributed by atoms with Gasteiger partial charge in [0.1, 0.15) is 11.5 Å². The van der Waals surface area contributed by atoms with Crippen LogP contribution in [0.2, 0.25) is 0 Å². The molecule has 2 fully saturated rings. The lowest BCUT2D eigenvalue weighted by atomic mass is 9.82. The van der Waals surface area contributed by atoms with Crippen molar-refractivity contribution in [1.82, 2.24) is 0 Å². The van der Waals surface area contributed by atoms with Gasteiger partial charge >= 0.3 is 0 Å². The summed E-state index contributed by atoms with van der Waals surface area (Å²) < 4.78 is 6.11. The van der Waals surface area contributed by atoms with Crippen LogP contribution in [-0.2, 0) is 6.54 Å². The van der Waals surface area contributed by atoms with Crippen molar-refractivity contribution in [1.29, 1.82) is 0 Å². The van der Waals surface area contributed by atoms with Gasteiger partial charge in [-0.25, -0.2) is 0 Å². The third kappa shape index (κ3) is 1.69. The average molecular weight is 219 g/mol. The van der Waals surface area contributed by atoms with E-state index >= 15 is 0 Å². The second kappa shape index (κ2) is 4.25. The minimum absolute atomic E-state index is 0.641. The monoisotopic (exact) mass is 219 g/mol. The molecule has 2 heteroatoms. The lowest BCUT2D eigenvalue weighted by Crippen LogP contribution is -2.11. The van der Waals surface area contributed by atoms with Crippen LogP contribution in [-0.4, -0.2) is 0 Å². The van der Waals surface area contributed by atoms with E-state index in [-0.39, 0.29) is 0 Å². The molecule has 0 radical (unpaired) electrons. The molecular formula is C14H21NO. The number of hydrogen-bond acceptors (Lipinski definition) is 2. The molecule has 0 bridgehead atoms. The molecular weight excluding hydrogens is 198 g/mol. The van der Waals surface area contributed by atoms with E-state index in [9.17, 15) is 0 Å². The summed E-state index contributed by atoms with van der Waals surface area (Å²) in [7, 11) is 0. The van der Waals surface area contributed by atoms with E-state index in [0.717, 1.165) is 0 Å². The van der Waals surface area contributed by atoms with Crippen molar-refractivity contribution >= 4 is 0 Å². The summed E-state index contributed by atoms with van der Waals surface area (Å²) in [6, 6.07) is 2.24. The van der Waals surface area contributed by atoms with Crippen molar-refractivity contribution < 1.29 is 4.42 Å². The smallest absolute Gasteiger partial charge is 0.111 e. The molecule has 0 amide bonds. The van der Waals surface area contributed by atoms with Gasteiger partial charge in [0, 0.05) is 23.9 Å². The van der Waals surface area contributed by atoms with Crippen molar-refractivity contribution in [2.45, 2.75) is 63.3 Å². The molecule has 0 atom stereocenters. The second-order valence-electron chi connectivity index (χ2n) is 5.35. The van der Waals surface area contributed by atoms with Gasteiger partial charge in [-0.05, 0) is 31.7 Å². The van der Waals surface area contributed by atoms with Gasteiger partial charge in [0.15, 0.2) is 0 Å². The molecule has 2 aliphatic rings. The summed E-state index contributed by atoms with van der Waals surface area (Å²) >= 11 is 0. The quantitative estimate of drug-likeness (QED) is 0.842. The van der Waals surface area contributed by atoms with E-state index in [1.807, 2.05) is 0 Å². The minimum atomic E-state index is 0.641. The van der Waals surface area contributed by atoms with Gasteiger partial charge in [-0.15, -0.1) is 0 Å². The van der Waals surface area contributed by atoms with Crippen LogP contribution in [0.15, 0.2) is 10.5 Å². The van der Waals surface area contributed by atoms with Crippen LogP contribution in [0, 0.1) is 0 Å². The standard InChI is InChI=1S/C14H21NO/c15-9-12-8-13(10-4-1-2-5-10)16-14(12)11-6-3-7-11/h8,10-11H,1-7,9,15H2. The number of nitrogens with two attached hydrogens (primary N) is 1. The maximum absolute atomic E-state index is 6.11. The molecule has 0 aliphatic heterocycles. The van der Waals surface area contributed by atoms with E-state index < -0.39 is 0 Å². The van der Waals surface area contributed by atoms with Crippen LogP contribution in [0.1, 0.15) is 73.9 Å². The van der Waals surface area contributed by atoms with Gasteiger partial charge in [-0.1, -0.05) is 19.3 Å². The number of rotatable bonds is 3. The molecule has 2 nitrogen and oxygen atoms in total. The zero-order valence-electron chi connectivity index (χ0n) is 9.87. The third-order valence-electron chi connectivity index (χ3n) is 4.31. The molecule has 2 aliphatic carbocycles. The Kier molecular flexibility index (Phi) is 2.76. The Labute approximate surface area is 97.2 Å². The topological polar surface area (TPSA) is 39.2 Å². The molecule has 2 N–H and O–H groups in total. The normalized spacial score (nSPS) is 22.6. The zero-order valence-corrected chi connectivity index (χ0v) is 9.87. The number of hydrogen-bond donors (Lipinski definition) is 1. The van der Waals surface area contributed by atoms with Gasteiger partial charge in [0.25, 0.3) is 0 Å². The van der Waals surface area contributed by atoms with E-state index in [2.05, 4.69) is 6.07 Å². The maximum atomic E-state index is 6.11. The summed E-state index contributed by atoms with van der Waals surface area (Å²) in [4.78, 5) is 0. The van der Waals surface area contributed by atoms with Crippen molar-refractivity contribution in [3.63, 3.8) is 0 Å². The van der Waals surface area contributed by atoms with Gasteiger partial charge in [0.05, 0.1) is 0 Å². The summed E-state index contributed by atoms with van der Waals surface area (Å²) in [5.74, 6) is 3.79. The van der Waals surface area contributed by atoms with Gasteiger partial charge in [0.2, 0.25) is 0 Å². The van der Waals surface area contributed by atoms with Crippen LogP contribution in [0.4, 0.5) is 0 Å². The summed E-state index contributed by atoms with van der Waals surface area (Å²) in [5.41, 5.74) is 7.09. The predicted octanol–water partition coefficient (Wildman–Crippen LogP) is 3.66. The van der Waals surface area contributed by atoms with Crippen LogP contribution in [0.5, 0.6) is 0 Å². The highest BCUT2D eigenvalue weighted by Crippen LogP contribution is 2.42. The van der Waals surface area contributed by atoms with E-state index in [1.165, 1.54) is 62.0 Å². The molecule has 0 spiro atoms. The Morgan fingerprint density at radius 3 is 2.31 bits per heavy atom. The molecule has 1 heterocycles. The molecule has 88 valence electrons. The maximum Gasteiger partial charge on any atom is 0.111 e. The molecule has 2 saturated carbocycles. The van der Waals surface area contributed by atoms with Crippen molar-refractivity contribution in [3.05, 3.63) is 23.2 Å². The predicted molar refractivity (Wildman–Crippen MR) is 64.4 cm³/mol. The molecule has 16 heavy (non-hydrogen) atoms. The minimum Gasteiger partial charge on any atom is -0.465 e. The Balaban J connectivity index is 1.85. The molecule has 0 unspecified atom stereocenters. The van der Waals surface area contributed by atoms with Crippen LogP contribution < -0.4 is 5.73 Å². The highest BCUT2D eigenvalue weighted by atomic mass is 16.3. The second-order valence-corrected chi connectivity index (χ2v) is 5.35. The van der Waals surface area contributed by atoms with Crippen LogP contribution in [0.3, 0.4) is 0 Å². The highest BCUT2D eigenvalue weighted by Gasteiger charge is 2.28. The van der Waals surface area contributed by atoms with E-state index in [0.29, 0.717) is 18.4 Å². The summed E-state index contributed by atoms with van der Waals surface area (Å²) in [6.45, 7) is 0.641. The Bertz CT molecular complexity index is 359. The first-order chi connectivity index (χ1) is 7.88. The fraction of sp³-hybridized carbons (Fsp3) is 0.714. The Morgan fingerprint density at radius 2 is 1.75 bits per heavy atom. The van der Waals surface area contributed by atoms with E-state index in [4.69, 9.17) is 10.2 Å². The van der Waals surface area contributed by atoms with Gasteiger partial charge in [-0.2, -0.15) is 0 Å². The fourth-order valence-electron chi connectivity index (χ4n) is 3.05. The Hall–Kier alpha value is -0.760. The first-order valence-electron chi connectivity index (χ1n) is 6.71. The molecule has 0 saturated heterocycles. The molecule has 1 aromatic heterocycles. The lowest BCUT2D eigenvalue weighted by molar-refractivity contribution is 0.325. The zero-order chi connectivity index (χ0) is 11.0. The van der Waals surface area contributed by atoms with Crippen LogP contribution >= 0.6 is 0 Å². The number of furan rings is 1. The molecule has 3 rings (SSSR count). The first-order valence-corrected chi connectivity index (χ1v) is 6.71. The fourth-order valence-corrected chi connectivity index (χ4v) is 3.05. The first kappa shape index (κ1) is 10.4. The van der Waals surface area contributed by atoms with Gasteiger partial charge in [-0.3, -0.25) is 0 Å². The van der Waals surface area contributed by atoms with E-state index in [1.54, 1.807) is 0 Å². The Morgan fingerprint density at radius 1 is 1.06 bits per heavy atom. The van der Waals surface area contributed by atoms with Crippen molar-refractivity contribution in [2.75, 3.05) is 0 Å². The highest BCUT2D eigenvalue weighted by molar-refractivity contribution is 5.27. The van der Waals surface area contributed by atoms with Crippen LogP contribution in [0.25, 0.3) is 0 Å². The molecule has 0 aromatic carbocycles. The third-order valence-corrected chi connectivity index (χ3v) is 4.31. The largest absolute Gasteiger partial charge is 0.465 e.